The zero-order valence-electron chi connectivity index (χ0n) is 8.75. The highest BCUT2D eigenvalue weighted by molar-refractivity contribution is 5.36. The summed E-state index contributed by atoms with van der Waals surface area (Å²) in [6, 6.07) is 5.92. The Kier molecular flexibility index (Phi) is 3.28. The van der Waals surface area contributed by atoms with E-state index in [9.17, 15) is 4.39 Å². The van der Waals surface area contributed by atoms with Gasteiger partial charge in [-0.25, -0.2) is 4.39 Å². The van der Waals surface area contributed by atoms with Gasteiger partial charge >= 0.3 is 0 Å². The van der Waals surface area contributed by atoms with E-state index >= 15 is 0 Å². The summed E-state index contributed by atoms with van der Waals surface area (Å²) in [6.45, 7) is 3.79. The number of nitrogens with zero attached hydrogens (tertiary/aromatic N) is 1. The molecule has 0 bridgehead atoms. The highest BCUT2D eigenvalue weighted by Crippen LogP contribution is 2.18. The van der Waals surface area contributed by atoms with Crippen LogP contribution in [0.15, 0.2) is 18.2 Å². The van der Waals surface area contributed by atoms with E-state index in [-0.39, 0.29) is 17.9 Å². The van der Waals surface area contributed by atoms with Gasteiger partial charge in [-0.05, 0) is 32.0 Å². The molecule has 2 N–H and O–H groups in total. The molecule has 0 saturated heterocycles. The van der Waals surface area contributed by atoms with Crippen LogP contribution in [0.2, 0.25) is 0 Å². The van der Waals surface area contributed by atoms with Crippen LogP contribution in [0.5, 0.6) is 5.75 Å². The molecule has 1 rings (SSSR count). The molecule has 0 atom stereocenters. The third-order valence-corrected chi connectivity index (χ3v) is 1.66. The average molecular weight is 208 g/mol. The Balaban J connectivity index is 2.76. The molecule has 3 nitrogen and oxygen atoms in total. The predicted octanol–water partition coefficient (Wildman–Crippen LogP) is 1.81. The molecule has 15 heavy (non-hydrogen) atoms. The van der Waals surface area contributed by atoms with Crippen LogP contribution in [-0.2, 0) is 0 Å². The molecule has 0 saturated carbocycles. The first kappa shape index (κ1) is 11.5. The second kappa shape index (κ2) is 4.28. The van der Waals surface area contributed by atoms with E-state index < -0.39 is 11.4 Å². The van der Waals surface area contributed by atoms with E-state index in [2.05, 4.69) is 0 Å². The highest BCUT2D eigenvalue weighted by Gasteiger charge is 2.13. The van der Waals surface area contributed by atoms with Crippen LogP contribution >= 0.6 is 0 Å². The monoisotopic (exact) mass is 208 g/mol. The molecule has 0 aromatic heterocycles. The van der Waals surface area contributed by atoms with Gasteiger partial charge in [0.25, 0.3) is 0 Å². The maximum absolute atomic E-state index is 13.3. The minimum absolute atomic E-state index is 0.118. The van der Waals surface area contributed by atoms with Gasteiger partial charge in [0.1, 0.15) is 6.61 Å². The molecule has 0 fully saturated rings. The number of nitriles is 1. The fraction of sp³-hybridized carbons (Fsp3) is 0.364. The molecule has 0 heterocycles. The van der Waals surface area contributed by atoms with Crippen LogP contribution in [0.25, 0.3) is 0 Å². The van der Waals surface area contributed by atoms with Crippen LogP contribution in [0.4, 0.5) is 4.39 Å². The lowest BCUT2D eigenvalue weighted by atomic mass is 10.1. The first-order valence-corrected chi connectivity index (χ1v) is 4.54. The van der Waals surface area contributed by atoms with Gasteiger partial charge in [-0.1, -0.05) is 0 Å². The van der Waals surface area contributed by atoms with Gasteiger partial charge in [0.05, 0.1) is 11.6 Å². The fourth-order valence-corrected chi connectivity index (χ4v) is 0.951. The quantitative estimate of drug-likeness (QED) is 0.824. The van der Waals surface area contributed by atoms with Crippen molar-refractivity contribution in [3.05, 3.63) is 29.6 Å². The summed E-state index contributed by atoms with van der Waals surface area (Å²) < 4.78 is 18.5. The zero-order valence-corrected chi connectivity index (χ0v) is 8.75. The van der Waals surface area contributed by atoms with Crippen molar-refractivity contribution < 1.29 is 9.13 Å². The van der Waals surface area contributed by atoms with Crippen LogP contribution < -0.4 is 10.5 Å². The van der Waals surface area contributed by atoms with Crippen molar-refractivity contribution in [1.82, 2.24) is 0 Å². The highest BCUT2D eigenvalue weighted by atomic mass is 19.1. The summed E-state index contributed by atoms with van der Waals surface area (Å²) in [4.78, 5) is 0. The SMILES string of the molecule is CC(C)(N)COc1ccc(C#N)cc1F. The summed E-state index contributed by atoms with van der Waals surface area (Å²) >= 11 is 0. The van der Waals surface area contributed by atoms with Crippen molar-refractivity contribution in [2.45, 2.75) is 19.4 Å². The summed E-state index contributed by atoms with van der Waals surface area (Å²) in [6.07, 6.45) is 0. The number of rotatable bonds is 3. The number of nitrogens with two attached hydrogens (primary N) is 1. The second-order valence-corrected chi connectivity index (χ2v) is 4.03. The zero-order chi connectivity index (χ0) is 11.5. The Morgan fingerprint density at radius 1 is 1.53 bits per heavy atom. The lowest BCUT2D eigenvalue weighted by molar-refractivity contribution is 0.234. The van der Waals surface area contributed by atoms with Crippen molar-refractivity contribution in [3.63, 3.8) is 0 Å². The number of ether oxygens (including phenoxy) is 1. The predicted molar refractivity (Wildman–Crippen MR) is 54.9 cm³/mol. The maximum Gasteiger partial charge on any atom is 0.166 e. The molecule has 1 aromatic carbocycles. The van der Waals surface area contributed by atoms with Gasteiger partial charge < -0.3 is 10.5 Å². The van der Waals surface area contributed by atoms with E-state index in [0.717, 1.165) is 6.07 Å². The lowest BCUT2D eigenvalue weighted by Crippen LogP contribution is -2.38. The standard InChI is InChI=1S/C11H13FN2O/c1-11(2,14)7-15-10-4-3-8(6-13)5-9(10)12/h3-5H,7,14H2,1-2H3. The minimum atomic E-state index is -0.543. The molecule has 0 radical (unpaired) electrons. The molecule has 0 aliphatic rings. The first-order chi connectivity index (χ1) is 6.92. The summed E-state index contributed by atoms with van der Waals surface area (Å²) in [7, 11) is 0. The molecule has 4 heteroatoms. The number of hydrogen-bond donors (Lipinski definition) is 1. The van der Waals surface area contributed by atoms with Crippen LogP contribution in [0, 0.1) is 17.1 Å². The fourth-order valence-electron chi connectivity index (χ4n) is 0.951. The molecule has 1 aromatic rings. The molecular weight excluding hydrogens is 195 g/mol. The Labute approximate surface area is 88.3 Å². The molecule has 0 aliphatic carbocycles. The first-order valence-electron chi connectivity index (χ1n) is 4.54. The number of hydrogen-bond acceptors (Lipinski definition) is 3. The van der Waals surface area contributed by atoms with Crippen molar-refractivity contribution in [3.8, 4) is 11.8 Å². The van der Waals surface area contributed by atoms with Crippen molar-refractivity contribution >= 4 is 0 Å². The van der Waals surface area contributed by atoms with Gasteiger partial charge in [0.2, 0.25) is 0 Å². The van der Waals surface area contributed by atoms with Crippen molar-refractivity contribution in [2.75, 3.05) is 6.61 Å². The third-order valence-electron chi connectivity index (χ3n) is 1.66. The van der Waals surface area contributed by atoms with Gasteiger partial charge in [-0.15, -0.1) is 0 Å². The molecule has 0 amide bonds. The van der Waals surface area contributed by atoms with E-state index in [1.165, 1.54) is 12.1 Å². The molecule has 0 unspecified atom stereocenters. The molecular formula is C11H13FN2O. The summed E-state index contributed by atoms with van der Waals surface area (Å²) in [5.74, 6) is -0.425. The smallest absolute Gasteiger partial charge is 0.166 e. The van der Waals surface area contributed by atoms with Crippen LogP contribution in [0.1, 0.15) is 19.4 Å². The summed E-state index contributed by atoms with van der Waals surface area (Å²) in [5, 5.41) is 8.53. The third kappa shape index (κ3) is 3.56. The van der Waals surface area contributed by atoms with E-state index in [1.54, 1.807) is 13.8 Å². The van der Waals surface area contributed by atoms with Crippen LogP contribution in [0.3, 0.4) is 0 Å². The Hall–Kier alpha value is -1.60. The average Bonchev–Trinajstić information content (AvgIpc) is 2.14. The van der Waals surface area contributed by atoms with E-state index in [4.69, 9.17) is 15.7 Å². The second-order valence-electron chi connectivity index (χ2n) is 4.03. The van der Waals surface area contributed by atoms with Crippen molar-refractivity contribution in [2.24, 2.45) is 5.73 Å². The van der Waals surface area contributed by atoms with Crippen LogP contribution in [-0.4, -0.2) is 12.1 Å². The Morgan fingerprint density at radius 2 is 2.20 bits per heavy atom. The largest absolute Gasteiger partial charge is 0.489 e. The van der Waals surface area contributed by atoms with Gasteiger partial charge in [0, 0.05) is 5.54 Å². The van der Waals surface area contributed by atoms with E-state index in [0.29, 0.717) is 0 Å². The lowest BCUT2D eigenvalue weighted by Gasteiger charge is -2.19. The van der Waals surface area contributed by atoms with E-state index in [1.807, 2.05) is 6.07 Å². The van der Waals surface area contributed by atoms with Gasteiger partial charge in [-0.3, -0.25) is 0 Å². The minimum Gasteiger partial charge on any atom is -0.489 e. The maximum atomic E-state index is 13.3. The van der Waals surface area contributed by atoms with Gasteiger partial charge in [0.15, 0.2) is 11.6 Å². The molecule has 0 aliphatic heterocycles. The molecule has 0 spiro atoms. The van der Waals surface area contributed by atoms with Gasteiger partial charge in [-0.2, -0.15) is 5.26 Å². The summed E-state index contributed by atoms with van der Waals surface area (Å²) in [5.41, 5.74) is 5.45. The Bertz CT molecular complexity index is 391. The topological polar surface area (TPSA) is 59.0 Å². The number of halogens is 1. The van der Waals surface area contributed by atoms with Crippen molar-refractivity contribution in [1.29, 1.82) is 5.26 Å². The normalized spacial score (nSPS) is 10.9. The number of benzene rings is 1. The molecule has 80 valence electrons. The Morgan fingerprint density at radius 3 is 2.67 bits per heavy atom.